The first-order chi connectivity index (χ1) is 15.9. The molecular formula is C28H29NO4. The summed E-state index contributed by atoms with van der Waals surface area (Å²) in [5, 5.41) is 23.3. The number of pyridine rings is 1. The van der Waals surface area contributed by atoms with E-state index in [0.717, 1.165) is 37.7 Å². The minimum absolute atomic E-state index is 0.0626. The number of aliphatic hydroxyl groups excluding tert-OH is 2. The molecule has 5 nitrogen and oxygen atoms in total. The first-order valence-electron chi connectivity index (χ1n) is 12.2. The van der Waals surface area contributed by atoms with Gasteiger partial charge in [0, 0.05) is 24.2 Å². The van der Waals surface area contributed by atoms with E-state index in [1.807, 2.05) is 12.4 Å². The molecule has 7 atom stereocenters. The van der Waals surface area contributed by atoms with E-state index < -0.39 is 23.4 Å². The third kappa shape index (κ3) is 2.43. The number of ketones is 1. The lowest BCUT2D eigenvalue weighted by molar-refractivity contribution is -0.164. The minimum Gasteiger partial charge on any atom is -0.385 e. The third-order valence-electron chi connectivity index (χ3n) is 9.74. The fourth-order valence-corrected chi connectivity index (χ4v) is 8.14. The number of benzene rings is 1. The summed E-state index contributed by atoms with van der Waals surface area (Å²) >= 11 is 0. The number of hydrogen-bond acceptors (Lipinski definition) is 5. The van der Waals surface area contributed by atoms with Gasteiger partial charge in [-0.05, 0) is 83.6 Å². The second-order valence-corrected chi connectivity index (χ2v) is 11.2. The van der Waals surface area contributed by atoms with Gasteiger partial charge in [-0.1, -0.05) is 31.2 Å². The molecule has 5 heteroatoms. The average Bonchev–Trinajstić information content (AvgIpc) is 3.33. The van der Waals surface area contributed by atoms with E-state index in [-0.39, 0.29) is 17.6 Å². The van der Waals surface area contributed by atoms with E-state index in [1.54, 1.807) is 0 Å². The normalized spacial score (nSPS) is 43.5. The highest BCUT2D eigenvalue weighted by Crippen LogP contribution is 2.69. The summed E-state index contributed by atoms with van der Waals surface area (Å²) in [7, 11) is 0. The number of fused-ring (bicyclic) bond motifs is 2. The molecule has 3 fully saturated rings. The molecule has 2 bridgehead atoms. The topological polar surface area (TPSA) is 79.7 Å². The Morgan fingerprint density at radius 3 is 2.85 bits per heavy atom. The van der Waals surface area contributed by atoms with Crippen LogP contribution in [0.2, 0.25) is 0 Å². The summed E-state index contributed by atoms with van der Waals surface area (Å²) in [6.07, 6.45) is 10.6. The molecule has 7 rings (SSSR count). The minimum atomic E-state index is -1.34. The van der Waals surface area contributed by atoms with Crippen LogP contribution in [0.4, 0.5) is 0 Å². The molecule has 0 amide bonds. The van der Waals surface area contributed by atoms with Gasteiger partial charge in [-0.15, -0.1) is 0 Å². The van der Waals surface area contributed by atoms with E-state index in [9.17, 15) is 15.0 Å². The molecule has 2 aromatic rings. The lowest BCUT2D eigenvalue weighted by Gasteiger charge is -2.54. The Kier molecular flexibility index (Phi) is 3.90. The number of rotatable bonds is 1. The maximum atomic E-state index is 12.5. The van der Waals surface area contributed by atoms with Crippen LogP contribution in [0.3, 0.4) is 0 Å². The zero-order valence-corrected chi connectivity index (χ0v) is 18.8. The Morgan fingerprint density at radius 2 is 1.97 bits per heavy atom. The Bertz CT molecular complexity index is 1270. The standard InChI is InChI=1S/C28H29NO4/c1-26-8-6-19-13-21-24(31)25(32)22(30)14-27(21)9-10-28(19,33-27)23(26)5-4-20(26)17-3-2-16-7-11-29-15-18(16)12-17/h2-3,6-7,11-13,15,20,23-25,31-32H,4-5,8-10,14H2,1H3/t20-,23-,24+,25?,26-,27-,28-/m1/s1. The number of Topliss-reactive ketones (excluding diaryl/α,β-unsaturated/α-hetero) is 1. The summed E-state index contributed by atoms with van der Waals surface area (Å²) < 4.78 is 6.96. The van der Waals surface area contributed by atoms with E-state index in [0.29, 0.717) is 17.4 Å². The first-order valence-corrected chi connectivity index (χ1v) is 12.2. The van der Waals surface area contributed by atoms with Crippen LogP contribution in [0.25, 0.3) is 10.8 Å². The van der Waals surface area contributed by atoms with Crippen molar-refractivity contribution >= 4 is 16.6 Å². The predicted octanol–water partition coefficient (Wildman–Crippen LogP) is 3.99. The lowest BCUT2D eigenvalue weighted by Crippen LogP contribution is -2.58. The van der Waals surface area contributed by atoms with Crippen LogP contribution in [-0.4, -0.2) is 44.4 Å². The number of hydrogen-bond donors (Lipinski definition) is 2. The highest BCUT2D eigenvalue weighted by molar-refractivity contribution is 5.88. The fourth-order valence-electron chi connectivity index (χ4n) is 8.14. The molecule has 170 valence electrons. The average molecular weight is 444 g/mol. The zero-order valence-electron chi connectivity index (χ0n) is 18.8. The number of aromatic nitrogens is 1. The number of ether oxygens (including phenoxy) is 1. The van der Waals surface area contributed by atoms with Gasteiger partial charge in [0.2, 0.25) is 0 Å². The SMILES string of the molecule is C[C@]12CC=C3C=C4[C@H](O)C(O)C(=O)C[C@]45CC[C@]3(O5)[C@@H]1CC[C@@H]2c1ccc2ccncc2c1. The fraction of sp³-hybridized carbons (Fsp3) is 0.500. The third-order valence-corrected chi connectivity index (χ3v) is 9.74. The summed E-state index contributed by atoms with van der Waals surface area (Å²) in [5.41, 5.74) is 2.14. The van der Waals surface area contributed by atoms with Crippen molar-refractivity contribution in [2.75, 3.05) is 0 Å². The summed E-state index contributed by atoms with van der Waals surface area (Å²) in [4.78, 5) is 16.8. The van der Waals surface area contributed by atoms with Gasteiger partial charge in [-0.25, -0.2) is 0 Å². The van der Waals surface area contributed by atoms with Crippen molar-refractivity contribution in [2.45, 2.75) is 74.8 Å². The molecule has 1 aromatic heterocycles. The van der Waals surface area contributed by atoms with Crippen molar-refractivity contribution in [1.29, 1.82) is 0 Å². The maximum absolute atomic E-state index is 12.5. The molecule has 0 radical (unpaired) electrons. The van der Waals surface area contributed by atoms with Gasteiger partial charge in [0.1, 0.15) is 17.8 Å². The van der Waals surface area contributed by atoms with Crippen LogP contribution >= 0.6 is 0 Å². The number of carbonyl (C=O) groups is 1. The Balaban J connectivity index is 1.31. The maximum Gasteiger partial charge on any atom is 0.167 e. The van der Waals surface area contributed by atoms with E-state index in [1.165, 1.54) is 16.3 Å². The molecule has 1 aromatic carbocycles. The van der Waals surface area contributed by atoms with Gasteiger partial charge in [0.15, 0.2) is 5.78 Å². The van der Waals surface area contributed by atoms with Crippen LogP contribution < -0.4 is 0 Å². The Labute approximate surface area is 193 Å². The second kappa shape index (κ2) is 6.41. The van der Waals surface area contributed by atoms with Crippen LogP contribution in [0.15, 0.2) is 60.0 Å². The van der Waals surface area contributed by atoms with Crippen molar-refractivity contribution in [2.24, 2.45) is 11.3 Å². The molecule has 5 aliphatic rings. The van der Waals surface area contributed by atoms with Gasteiger partial charge in [0.05, 0.1) is 5.60 Å². The molecule has 2 spiro atoms. The van der Waals surface area contributed by atoms with Crippen molar-refractivity contribution in [3.63, 3.8) is 0 Å². The molecule has 1 unspecified atom stereocenters. The van der Waals surface area contributed by atoms with E-state index >= 15 is 0 Å². The monoisotopic (exact) mass is 443 g/mol. The largest absolute Gasteiger partial charge is 0.385 e. The molecule has 3 aliphatic carbocycles. The molecule has 3 heterocycles. The zero-order chi connectivity index (χ0) is 22.6. The van der Waals surface area contributed by atoms with Crippen LogP contribution in [0.1, 0.15) is 56.9 Å². The van der Waals surface area contributed by atoms with Gasteiger partial charge in [0.25, 0.3) is 0 Å². The van der Waals surface area contributed by atoms with Crippen molar-refractivity contribution < 1.29 is 19.7 Å². The number of aliphatic hydroxyl groups is 2. The molecule has 33 heavy (non-hydrogen) atoms. The van der Waals surface area contributed by atoms with E-state index in [2.05, 4.69) is 48.3 Å². The number of carbonyl (C=O) groups excluding carboxylic acids is 1. The van der Waals surface area contributed by atoms with Crippen LogP contribution in [0, 0.1) is 11.3 Å². The summed E-state index contributed by atoms with van der Waals surface area (Å²) in [6, 6.07) is 8.86. The Hall–Kier alpha value is -2.34. The molecular weight excluding hydrogens is 414 g/mol. The summed E-state index contributed by atoms with van der Waals surface area (Å²) in [6.45, 7) is 2.42. The lowest BCUT2D eigenvalue weighted by atomic mass is 9.58. The molecule has 2 aliphatic heterocycles. The highest BCUT2D eigenvalue weighted by Gasteiger charge is 2.68. The molecule has 1 saturated heterocycles. The smallest absolute Gasteiger partial charge is 0.167 e. The molecule has 2 N–H and O–H groups in total. The van der Waals surface area contributed by atoms with Gasteiger partial charge < -0.3 is 14.9 Å². The Morgan fingerprint density at radius 1 is 1.09 bits per heavy atom. The van der Waals surface area contributed by atoms with Gasteiger partial charge >= 0.3 is 0 Å². The highest BCUT2D eigenvalue weighted by atomic mass is 16.5. The van der Waals surface area contributed by atoms with Gasteiger partial charge in [-0.3, -0.25) is 9.78 Å². The van der Waals surface area contributed by atoms with Crippen LogP contribution in [-0.2, 0) is 9.53 Å². The quantitative estimate of drug-likeness (QED) is 0.697. The number of nitrogens with zero attached hydrogens (tertiary/aromatic N) is 1. The van der Waals surface area contributed by atoms with Crippen molar-refractivity contribution in [1.82, 2.24) is 4.98 Å². The first kappa shape index (κ1) is 20.1. The van der Waals surface area contributed by atoms with E-state index in [4.69, 9.17) is 4.74 Å². The second-order valence-electron chi connectivity index (χ2n) is 11.2. The predicted molar refractivity (Wildman–Crippen MR) is 124 cm³/mol. The summed E-state index contributed by atoms with van der Waals surface area (Å²) in [5.74, 6) is 0.484. The van der Waals surface area contributed by atoms with Crippen molar-refractivity contribution in [3.05, 3.63) is 65.5 Å². The van der Waals surface area contributed by atoms with Gasteiger partial charge in [-0.2, -0.15) is 0 Å². The molecule has 2 saturated carbocycles. The van der Waals surface area contributed by atoms with Crippen LogP contribution in [0.5, 0.6) is 0 Å². The van der Waals surface area contributed by atoms with Crippen molar-refractivity contribution in [3.8, 4) is 0 Å². The number of allylic oxidation sites excluding steroid dienone is 1.